The van der Waals surface area contributed by atoms with Crippen molar-refractivity contribution >= 4 is 45.5 Å². The average molecular weight is 846 g/mol. The second-order valence-corrected chi connectivity index (χ2v) is 19.5. The van der Waals surface area contributed by atoms with Crippen LogP contribution in [0.25, 0.3) is 60.9 Å². The van der Waals surface area contributed by atoms with Crippen LogP contribution in [-0.2, 0) is 5.41 Å². The molecule has 64 heavy (non-hydrogen) atoms. The second-order valence-electron chi connectivity index (χ2n) is 18.2. The first kappa shape index (κ1) is 40.1. The van der Waals surface area contributed by atoms with Crippen molar-refractivity contribution in [2.75, 3.05) is 0 Å². The van der Waals surface area contributed by atoms with Crippen LogP contribution in [0.3, 0.4) is 0 Å². The molecule has 3 nitrogen and oxygen atoms in total. The number of hydrogen-bond donors (Lipinski definition) is 1. The number of nitrogens with one attached hydrogen (secondary N) is 1. The van der Waals surface area contributed by atoms with Crippen LogP contribution in [0.2, 0.25) is 0 Å². The molecule has 0 saturated carbocycles. The maximum absolute atomic E-state index is 9.24. The molecule has 0 spiro atoms. The Morgan fingerprint density at radius 2 is 1.48 bits per heavy atom. The van der Waals surface area contributed by atoms with Gasteiger partial charge in [-0.05, 0) is 141 Å². The molecule has 8 aromatic rings. The zero-order valence-corrected chi connectivity index (χ0v) is 37.9. The van der Waals surface area contributed by atoms with Crippen LogP contribution in [0.5, 0.6) is 0 Å². The Kier molecular flexibility index (Phi) is 9.89. The van der Waals surface area contributed by atoms with Crippen molar-refractivity contribution in [3.05, 3.63) is 219 Å². The number of rotatable bonds is 9. The summed E-state index contributed by atoms with van der Waals surface area (Å²) >= 11 is 1.78. The van der Waals surface area contributed by atoms with Gasteiger partial charge in [0.1, 0.15) is 0 Å². The fourth-order valence-corrected chi connectivity index (χ4v) is 11.7. The summed E-state index contributed by atoms with van der Waals surface area (Å²) in [6, 6.07) is 55.7. The topological polar surface area (TPSA) is 41.1 Å². The Labute approximate surface area is 381 Å². The lowest BCUT2D eigenvalue weighted by Crippen LogP contribution is -2.14. The fraction of sp³-hybridized carbons (Fsp3) is 0.167. The molecule has 3 aliphatic rings. The molecule has 2 aliphatic carbocycles. The van der Waals surface area contributed by atoms with E-state index in [0.717, 1.165) is 34.6 Å². The molecule has 11 rings (SSSR count). The minimum atomic E-state index is -0.0886. The number of thioether (sulfide) groups is 1. The van der Waals surface area contributed by atoms with Gasteiger partial charge in [0.15, 0.2) is 0 Å². The zero-order valence-electron chi connectivity index (χ0n) is 37.1. The van der Waals surface area contributed by atoms with Crippen molar-refractivity contribution in [2.45, 2.75) is 64.0 Å². The number of aryl methyl sites for hydroxylation is 1. The summed E-state index contributed by atoms with van der Waals surface area (Å²) in [5.41, 5.74) is 21.1. The Hall–Kier alpha value is -6.75. The highest BCUT2D eigenvalue weighted by molar-refractivity contribution is 8.05. The Balaban J connectivity index is 1.03. The zero-order chi connectivity index (χ0) is 43.7. The van der Waals surface area contributed by atoms with Crippen LogP contribution in [0, 0.1) is 12.3 Å². The van der Waals surface area contributed by atoms with E-state index >= 15 is 0 Å². The number of aromatic nitrogens is 1. The van der Waals surface area contributed by atoms with Crippen molar-refractivity contribution in [3.63, 3.8) is 0 Å². The highest BCUT2D eigenvalue weighted by Gasteiger charge is 2.36. The van der Waals surface area contributed by atoms with E-state index in [1.54, 1.807) is 11.8 Å². The van der Waals surface area contributed by atoms with Crippen molar-refractivity contribution in [3.8, 4) is 39.1 Å². The molecular weight excluding hydrogens is 795 g/mol. The van der Waals surface area contributed by atoms with Crippen molar-refractivity contribution in [1.29, 1.82) is 5.41 Å². The smallest absolute Gasteiger partial charge is 0.0831 e. The van der Waals surface area contributed by atoms with Crippen molar-refractivity contribution in [2.24, 2.45) is 4.99 Å². The Morgan fingerprint density at radius 3 is 2.30 bits per heavy atom. The van der Waals surface area contributed by atoms with Gasteiger partial charge in [-0.3, -0.25) is 10.4 Å². The quantitative estimate of drug-likeness (QED) is 0.145. The predicted molar refractivity (Wildman–Crippen MR) is 274 cm³/mol. The molecule has 2 heterocycles. The van der Waals surface area contributed by atoms with Gasteiger partial charge in [0, 0.05) is 38.9 Å². The van der Waals surface area contributed by atoms with E-state index in [2.05, 4.69) is 179 Å². The summed E-state index contributed by atoms with van der Waals surface area (Å²) < 4.78 is 2.45. The second kappa shape index (κ2) is 15.8. The van der Waals surface area contributed by atoms with Crippen molar-refractivity contribution < 1.29 is 0 Å². The Morgan fingerprint density at radius 1 is 0.750 bits per heavy atom. The maximum Gasteiger partial charge on any atom is 0.0831 e. The van der Waals surface area contributed by atoms with Gasteiger partial charge in [-0.1, -0.05) is 149 Å². The van der Waals surface area contributed by atoms with Crippen molar-refractivity contribution in [1.82, 2.24) is 4.57 Å². The van der Waals surface area contributed by atoms with Crippen LogP contribution < -0.4 is 0 Å². The van der Waals surface area contributed by atoms with E-state index in [-0.39, 0.29) is 10.7 Å². The lowest BCUT2D eigenvalue weighted by atomic mass is 9.82. The summed E-state index contributed by atoms with van der Waals surface area (Å²) in [5.74, 6) is 0.383. The minimum absolute atomic E-state index is 0.0886. The average Bonchev–Trinajstić information content (AvgIpc) is 3.95. The van der Waals surface area contributed by atoms with Gasteiger partial charge in [0.25, 0.3) is 0 Å². The van der Waals surface area contributed by atoms with E-state index in [1.807, 2.05) is 36.5 Å². The van der Waals surface area contributed by atoms with Gasteiger partial charge in [0.05, 0.1) is 27.3 Å². The first-order chi connectivity index (χ1) is 31.2. The molecule has 1 aromatic heterocycles. The van der Waals surface area contributed by atoms with E-state index in [0.29, 0.717) is 11.6 Å². The number of nitrogens with zero attached hydrogens (tertiary/aromatic N) is 2. The first-order valence-corrected chi connectivity index (χ1v) is 23.6. The van der Waals surface area contributed by atoms with Crippen LogP contribution in [-0.4, -0.2) is 21.7 Å². The molecule has 1 aliphatic heterocycles. The van der Waals surface area contributed by atoms with E-state index < -0.39 is 0 Å². The normalized spacial score (nSPS) is 16.6. The number of hydrogen-bond acceptors (Lipinski definition) is 3. The summed E-state index contributed by atoms with van der Waals surface area (Å²) in [6.07, 6.45) is 10.6. The molecule has 1 N–H and O–H groups in total. The monoisotopic (exact) mass is 845 g/mol. The van der Waals surface area contributed by atoms with E-state index in [1.165, 1.54) is 88.7 Å². The number of aliphatic imine (C=N–C) groups is 1. The van der Waals surface area contributed by atoms with Gasteiger partial charge in [-0.25, -0.2) is 0 Å². The van der Waals surface area contributed by atoms with E-state index in [9.17, 15) is 5.41 Å². The molecule has 0 radical (unpaired) electrons. The van der Waals surface area contributed by atoms with Crippen LogP contribution >= 0.6 is 11.8 Å². The summed E-state index contributed by atoms with van der Waals surface area (Å²) in [7, 11) is 0. The lowest BCUT2D eigenvalue weighted by Gasteiger charge is -2.21. The van der Waals surface area contributed by atoms with Crippen LogP contribution in [0.4, 0.5) is 0 Å². The molecule has 2 atom stereocenters. The third-order valence-electron chi connectivity index (χ3n) is 14.1. The molecule has 4 heteroatoms. The molecular formula is C60H51N3S. The lowest BCUT2D eigenvalue weighted by molar-refractivity contribution is 0.661. The van der Waals surface area contributed by atoms with Gasteiger partial charge in [0.2, 0.25) is 0 Å². The number of para-hydroxylation sites is 1. The molecule has 0 saturated heterocycles. The van der Waals surface area contributed by atoms with Crippen LogP contribution in [0.1, 0.15) is 79.8 Å². The predicted octanol–water partition coefficient (Wildman–Crippen LogP) is 15.9. The standard InChI is InChI=1S/C60H51N3S/c1-6-37(2)44-29-26-39(36-62-58-46-22-14-16-24-56(46)64-59(58)57(61)40-17-9-7-10-18-40)31-48(44)47-32-41(27-25-38(47)3)42-28-30-54-50(33-42)51-34-49-45-21-13-15-23-52(45)60(4,5)53(49)35-55(51)63(54)43-19-11-8-12-20-43/h7-23,25-37,56,61H,6,24H2,1-5H3. The van der Waals surface area contributed by atoms with Gasteiger partial charge >= 0.3 is 0 Å². The highest BCUT2D eigenvalue weighted by Crippen LogP contribution is 2.51. The van der Waals surface area contributed by atoms with Gasteiger partial charge < -0.3 is 4.57 Å². The first-order valence-electron chi connectivity index (χ1n) is 22.7. The molecule has 0 bridgehead atoms. The minimum Gasteiger partial charge on any atom is -0.309 e. The van der Waals surface area contributed by atoms with Crippen LogP contribution in [0.15, 0.2) is 191 Å². The van der Waals surface area contributed by atoms with Gasteiger partial charge in [-0.2, -0.15) is 0 Å². The third kappa shape index (κ3) is 6.58. The highest BCUT2D eigenvalue weighted by atomic mass is 32.2. The molecule has 2 unspecified atom stereocenters. The molecule has 7 aromatic carbocycles. The molecule has 0 amide bonds. The third-order valence-corrected chi connectivity index (χ3v) is 15.4. The largest absolute Gasteiger partial charge is 0.309 e. The summed E-state index contributed by atoms with van der Waals surface area (Å²) in [4.78, 5) is 6.18. The maximum atomic E-state index is 9.24. The fourth-order valence-electron chi connectivity index (χ4n) is 10.3. The van der Waals surface area contributed by atoms with E-state index in [4.69, 9.17) is 4.99 Å². The molecule has 0 fully saturated rings. The summed E-state index contributed by atoms with van der Waals surface area (Å²) in [5, 5.41) is 12.1. The number of fused-ring (bicyclic) bond motifs is 7. The number of allylic oxidation sites excluding steroid dienone is 5. The summed E-state index contributed by atoms with van der Waals surface area (Å²) in [6.45, 7) is 11.6. The molecule has 312 valence electrons. The SMILES string of the molecule is CCC(C)c1ccc(C=NC2=C(C(=N)c3ccccc3)SC3CC=CC=C23)cc1-c1cc(-c2ccc3c(c2)c2cc4c(cc2n3-c2ccccc2)C(C)(C)c2ccccc2-4)ccc1C. The number of benzene rings is 7. The van der Waals surface area contributed by atoms with Gasteiger partial charge in [-0.15, -0.1) is 11.8 Å². The Bertz CT molecular complexity index is 3320.